The molecule has 1 N–H and O–H groups in total. The lowest BCUT2D eigenvalue weighted by atomic mass is 10.0. The number of Topliss-reactive ketones (excluding diaryl/α,β-unsaturated/α-hetero) is 1. The molecule has 0 spiro atoms. The first-order chi connectivity index (χ1) is 21.7. The van der Waals surface area contributed by atoms with Crippen LogP contribution in [-0.4, -0.2) is 56.3 Å². The van der Waals surface area contributed by atoms with Gasteiger partial charge in [0.2, 0.25) is 5.91 Å². The van der Waals surface area contributed by atoms with Gasteiger partial charge in [-0.25, -0.2) is 0 Å². The minimum atomic E-state index is -1.18. The van der Waals surface area contributed by atoms with Crippen molar-refractivity contribution >= 4 is 34.9 Å². The molecule has 1 heterocycles. The number of amides is 3. The van der Waals surface area contributed by atoms with Crippen molar-refractivity contribution in [1.29, 1.82) is 0 Å². The lowest BCUT2D eigenvalue weighted by Crippen LogP contribution is -2.46. The first-order valence-corrected chi connectivity index (χ1v) is 14.2. The molecule has 3 amide bonds. The summed E-state index contributed by atoms with van der Waals surface area (Å²) < 4.78 is 16.2. The lowest BCUT2D eigenvalue weighted by Gasteiger charge is -2.33. The molecule has 0 saturated carbocycles. The third-order valence-electron chi connectivity index (χ3n) is 7.74. The van der Waals surface area contributed by atoms with Gasteiger partial charge in [0.05, 0.1) is 32.6 Å². The highest BCUT2D eigenvalue weighted by Crippen LogP contribution is 2.35. The molecule has 230 valence electrons. The van der Waals surface area contributed by atoms with Crippen LogP contribution in [-0.2, 0) is 20.9 Å². The van der Waals surface area contributed by atoms with Gasteiger partial charge in [0.1, 0.15) is 18.3 Å². The van der Waals surface area contributed by atoms with E-state index in [2.05, 4.69) is 5.32 Å². The maximum atomic E-state index is 14.4. The number of benzene rings is 4. The summed E-state index contributed by atoms with van der Waals surface area (Å²) >= 11 is 0. The molecule has 1 atom stereocenters. The first kappa shape index (κ1) is 30.8. The summed E-state index contributed by atoms with van der Waals surface area (Å²) in [6.45, 7) is 1.50. The van der Waals surface area contributed by atoms with Crippen LogP contribution >= 0.6 is 0 Å². The van der Waals surface area contributed by atoms with E-state index in [1.165, 1.54) is 19.1 Å². The number of ether oxygens (including phenoxy) is 3. The minimum absolute atomic E-state index is 0.0399. The number of carbonyl (C=O) groups is 4. The number of nitrogens with one attached hydrogen (secondary N) is 1. The molecule has 45 heavy (non-hydrogen) atoms. The molecule has 4 aromatic rings. The number of rotatable bonds is 11. The third-order valence-corrected chi connectivity index (χ3v) is 7.74. The summed E-state index contributed by atoms with van der Waals surface area (Å²) in [7, 11) is 4.54. The number of carbonyl (C=O) groups excluding carboxylic acids is 4. The van der Waals surface area contributed by atoms with Gasteiger partial charge >= 0.3 is 0 Å². The molecule has 0 saturated heterocycles. The number of para-hydroxylation sites is 1. The van der Waals surface area contributed by atoms with Crippen molar-refractivity contribution in [1.82, 2.24) is 4.90 Å². The fraction of sp³-hybridized carbons (Fsp3) is 0.200. The molecule has 0 aliphatic carbocycles. The van der Waals surface area contributed by atoms with Crippen LogP contribution in [0.5, 0.6) is 17.2 Å². The summed E-state index contributed by atoms with van der Waals surface area (Å²) in [5, 5.41) is 2.92. The monoisotopic (exact) mass is 607 g/mol. The van der Waals surface area contributed by atoms with E-state index in [0.717, 1.165) is 16.0 Å². The van der Waals surface area contributed by atoms with Gasteiger partial charge in [0.15, 0.2) is 11.5 Å². The number of anilines is 2. The van der Waals surface area contributed by atoms with Crippen LogP contribution in [0.25, 0.3) is 0 Å². The van der Waals surface area contributed by atoms with Gasteiger partial charge in [-0.1, -0.05) is 42.5 Å². The zero-order chi connectivity index (χ0) is 32.1. The van der Waals surface area contributed by atoms with Crippen molar-refractivity contribution in [3.63, 3.8) is 0 Å². The highest BCUT2D eigenvalue weighted by atomic mass is 16.5. The molecule has 0 radical (unpaired) electrons. The molecule has 1 aliphatic rings. The van der Waals surface area contributed by atoms with E-state index in [0.29, 0.717) is 34.2 Å². The van der Waals surface area contributed by atoms with Gasteiger partial charge in [-0.15, -0.1) is 0 Å². The van der Waals surface area contributed by atoms with Gasteiger partial charge in [0, 0.05) is 12.2 Å². The highest BCUT2D eigenvalue weighted by molar-refractivity contribution is 6.52. The van der Waals surface area contributed by atoms with Crippen molar-refractivity contribution in [3.05, 3.63) is 113 Å². The van der Waals surface area contributed by atoms with E-state index < -0.39 is 36.1 Å². The van der Waals surface area contributed by atoms with Crippen LogP contribution < -0.4 is 24.4 Å². The number of hydrogen-bond acceptors (Lipinski definition) is 7. The van der Waals surface area contributed by atoms with E-state index in [9.17, 15) is 19.2 Å². The molecule has 0 bridgehead atoms. The lowest BCUT2D eigenvalue weighted by molar-refractivity contribution is -0.139. The molecule has 10 heteroatoms. The Bertz CT molecular complexity index is 1750. The summed E-state index contributed by atoms with van der Waals surface area (Å²) in [5.74, 6) is -1.09. The van der Waals surface area contributed by atoms with Crippen molar-refractivity contribution in [3.8, 4) is 17.2 Å². The predicted molar refractivity (Wildman–Crippen MR) is 169 cm³/mol. The molecule has 10 nitrogen and oxygen atoms in total. The second kappa shape index (κ2) is 13.3. The van der Waals surface area contributed by atoms with Gasteiger partial charge in [-0.05, 0) is 72.1 Å². The average Bonchev–Trinajstić information content (AvgIpc) is 3.30. The SMILES string of the molecule is COc1ccc(NC(=O)C(c2ccc(OC)c(OC)c2)N(Cc2ccccc2C)C(=O)CN2C(=O)C(=O)c3ccccc32)cc1. The zero-order valence-electron chi connectivity index (χ0n) is 25.4. The summed E-state index contributed by atoms with van der Waals surface area (Å²) in [6.07, 6.45) is 0. The van der Waals surface area contributed by atoms with Crippen LogP contribution in [0.3, 0.4) is 0 Å². The highest BCUT2D eigenvalue weighted by Gasteiger charge is 2.39. The van der Waals surface area contributed by atoms with E-state index in [4.69, 9.17) is 14.2 Å². The van der Waals surface area contributed by atoms with Crippen LogP contribution in [0.4, 0.5) is 11.4 Å². The second-order valence-electron chi connectivity index (χ2n) is 10.4. The van der Waals surface area contributed by atoms with E-state index in [-0.39, 0.29) is 12.1 Å². The van der Waals surface area contributed by atoms with Crippen LogP contribution in [0.2, 0.25) is 0 Å². The smallest absolute Gasteiger partial charge is 0.299 e. The normalized spacial score (nSPS) is 12.8. The quantitative estimate of drug-likeness (QED) is 0.240. The standard InChI is InChI=1S/C35H33N3O7/c1-22-9-5-6-10-24(22)20-38(31(39)21-37-28-12-8-7-11-27(28)33(40)35(37)42)32(23-13-18-29(44-3)30(19-23)45-4)34(41)36-25-14-16-26(43-2)17-15-25/h5-19,32H,20-21H2,1-4H3,(H,36,41). The summed E-state index contributed by atoms with van der Waals surface area (Å²) in [4.78, 5) is 57.0. The Kier molecular flexibility index (Phi) is 9.13. The Balaban J connectivity index is 1.60. The number of fused-ring (bicyclic) bond motifs is 1. The molecular weight excluding hydrogens is 574 g/mol. The van der Waals surface area contributed by atoms with Gasteiger partial charge in [-0.2, -0.15) is 0 Å². The average molecular weight is 608 g/mol. The summed E-state index contributed by atoms with van der Waals surface area (Å²) in [6, 6.07) is 24.7. The second-order valence-corrected chi connectivity index (χ2v) is 10.4. The maximum absolute atomic E-state index is 14.4. The van der Waals surface area contributed by atoms with Crippen LogP contribution in [0.15, 0.2) is 91.0 Å². The van der Waals surface area contributed by atoms with E-state index >= 15 is 0 Å². The molecule has 1 aliphatic heterocycles. The predicted octanol–water partition coefficient (Wildman–Crippen LogP) is 4.96. The maximum Gasteiger partial charge on any atom is 0.299 e. The number of ketones is 1. The Hall–Kier alpha value is -5.64. The molecule has 5 rings (SSSR count). The molecule has 0 fully saturated rings. The van der Waals surface area contributed by atoms with E-state index in [1.807, 2.05) is 31.2 Å². The Morgan fingerprint density at radius 3 is 2.20 bits per heavy atom. The number of methoxy groups -OCH3 is 3. The first-order valence-electron chi connectivity index (χ1n) is 14.2. The van der Waals surface area contributed by atoms with Crippen molar-refractivity contribution in [2.24, 2.45) is 0 Å². The van der Waals surface area contributed by atoms with Crippen LogP contribution in [0, 0.1) is 6.92 Å². The number of hydrogen-bond donors (Lipinski definition) is 1. The van der Waals surface area contributed by atoms with Gasteiger partial charge in [-0.3, -0.25) is 24.1 Å². The Morgan fingerprint density at radius 1 is 0.822 bits per heavy atom. The van der Waals surface area contributed by atoms with Crippen molar-refractivity contribution < 1.29 is 33.4 Å². The summed E-state index contributed by atoms with van der Waals surface area (Å²) in [5.41, 5.74) is 3.23. The number of aryl methyl sites for hydroxylation is 1. The topological polar surface area (TPSA) is 114 Å². The Labute approximate surface area is 261 Å². The Morgan fingerprint density at radius 2 is 1.51 bits per heavy atom. The third kappa shape index (κ3) is 6.35. The van der Waals surface area contributed by atoms with Crippen LogP contribution in [0.1, 0.15) is 33.1 Å². The van der Waals surface area contributed by atoms with Gasteiger partial charge < -0.3 is 24.4 Å². The van der Waals surface area contributed by atoms with Crippen molar-refractivity contribution in [2.45, 2.75) is 19.5 Å². The fourth-order valence-electron chi connectivity index (χ4n) is 5.31. The minimum Gasteiger partial charge on any atom is -0.497 e. The van der Waals surface area contributed by atoms with E-state index in [1.54, 1.807) is 73.8 Å². The molecule has 1 unspecified atom stereocenters. The zero-order valence-corrected chi connectivity index (χ0v) is 25.4. The molecule has 4 aromatic carbocycles. The number of nitrogens with zero attached hydrogens (tertiary/aromatic N) is 2. The van der Waals surface area contributed by atoms with Crippen molar-refractivity contribution in [2.75, 3.05) is 38.1 Å². The largest absolute Gasteiger partial charge is 0.497 e. The molecule has 0 aromatic heterocycles. The fourth-order valence-corrected chi connectivity index (χ4v) is 5.31. The van der Waals surface area contributed by atoms with Gasteiger partial charge in [0.25, 0.3) is 17.6 Å². The molecular formula is C35H33N3O7.